The van der Waals surface area contributed by atoms with Gasteiger partial charge in [0.1, 0.15) is 0 Å². The van der Waals surface area contributed by atoms with E-state index in [-0.39, 0.29) is 0 Å². The third kappa shape index (κ3) is 1.98. The Morgan fingerprint density at radius 1 is 0.944 bits per heavy atom. The molecular weight excluding hydrogens is 267 g/mol. The van der Waals surface area contributed by atoms with E-state index >= 15 is 0 Å². The van der Waals surface area contributed by atoms with Crippen LogP contribution < -0.4 is 0 Å². The summed E-state index contributed by atoms with van der Waals surface area (Å²) in [4.78, 5) is 0. The number of fused-ring (bicyclic) bond motifs is 1. The molecule has 0 atom stereocenters. The Kier molecular flexibility index (Phi) is 2.98. The summed E-state index contributed by atoms with van der Waals surface area (Å²) in [5, 5.41) is 9.80. The molecule has 2 nitrogen and oxygen atoms in total. The zero-order valence-electron chi connectivity index (χ0n) is 9.45. The molecule has 0 aliphatic rings. The Morgan fingerprint density at radius 2 is 1.67 bits per heavy atom. The molecule has 0 unspecified atom stereocenters. The first kappa shape index (κ1) is 11.6. The van der Waals surface area contributed by atoms with E-state index in [0.717, 1.165) is 22.2 Å². The molecule has 1 N–H and O–H groups in total. The molecule has 0 aliphatic carbocycles. The first-order valence-corrected chi connectivity index (χ1v) is 6.36. The molecule has 0 amide bonds. The van der Waals surface area contributed by atoms with Crippen molar-refractivity contribution in [2.45, 2.75) is 6.42 Å². The SMILES string of the molecule is Clc1cccc(Cl)c1Cc1n[nH]c2ccccc12. The fraction of sp³-hybridized carbons (Fsp3) is 0.0714. The molecule has 2 aromatic carbocycles. The highest BCUT2D eigenvalue weighted by atomic mass is 35.5. The molecule has 1 heterocycles. The summed E-state index contributed by atoms with van der Waals surface area (Å²) in [6.45, 7) is 0. The first-order chi connectivity index (χ1) is 8.75. The summed E-state index contributed by atoms with van der Waals surface area (Å²) in [5.41, 5.74) is 2.90. The summed E-state index contributed by atoms with van der Waals surface area (Å²) in [6.07, 6.45) is 0.628. The number of nitrogens with zero attached hydrogens (tertiary/aromatic N) is 1. The molecule has 4 heteroatoms. The topological polar surface area (TPSA) is 28.7 Å². The molecule has 90 valence electrons. The highest BCUT2D eigenvalue weighted by Gasteiger charge is 2.11. The highest BCUT2D eigenvalue weighted by Crippen LogP contribution is 2.28. The third-order valence-electron chi connectivity index (χ3n) is 2.96. The van der Waals surface area contributed by atoms with Gasteiger partial charge < -0.3 is 0 Å². The van der Waals surface area contributed by atoms with Gasteiger partial charge in [-0.05, 0) is 23.8 Å². The van der Waals surface area contributed by atoms with Crippen molar-refractivity contribution in [2.75, 3.05) is 0 Å². The lowest BCUT2D eigenvalue weighted by Gasteiger charge is -2.04. The average molecular weight is 277 g/mol. The summed E-state index contributed by atoms with van der Waals surface area (Å²) in [7, 11) is 0. The van der Waals surface area contributed by atoms with Gasteiger partial charge in [0.2, 0.25) is 0 Å². The Hall–Kier alpha value is -1.51. The van der Waals surface area contributed by atoms with E-state index in [1.165, 1.54) is 0 Å². The number of rotatable bonds is 2. The maximum atomic E-state index is 6.18. The summed E-state index contributed by atoms with van der Waals surface area (Å²) in [6, 6.07) is 13.5. The van der Waals surface area contributed by atoms with Crippen LogP contribution in [0.5, 0.6) is 0 Å². The van der Waals surface area contributed by atoms with Crippen LogP contribution in [0.4, 0.5) is 0 Å². The molecule has 3 rings (SSSR count). The Bertz CT molecular complexity index is 684. The monoisotopic (exact) mass is 276 g/mol. The number of halogens is 2. The third-order valence-corrected chi connectivity index (χ3v) is 3.66. The smallest absolute Gasteiger partial charge is 0.0745 e. The Labute approximate surface area is 115 Å². The lowest BCUT2D eigenvalue weighted by molar-refractivity contribution is 1.01. The molecule has 0 saturated carbocycles. The number of aromatic amines is 1. The second-order valence-electron chi connectivity index (χ2n) is 4.09. The van der Waals surface area contributed by atoms with Crippen LogP contribution >= 0.6 is 23.2 Å². The van der Waals surface area contributed by atoms with E-state index in [1.807, 2.05) is 42.5 Å². The van der Waals surface area contributed by atoms with Gasteiger partial charge in [0.05, 0.1) is 11.2 Å². The van der Waals surface area contributed by atoms with Gasteiger partial charge in [0.25, 0.3) is 0 Å². The van der Waals surface area contributed by atoms with Crippen molar-refractivity contribution >= 4 is 34.1 Å². The van der Waals surface area contributed by atoms with Crippen LogP contribution in [0.25, 0.3) is 10.9 Å². The standard InChI is InChI=1S/C14H10Cl2N2/c15-11-5-3-6-12(16)10(11)8-14-9-4-1-2-7-13(9)17-18-14/h1-7H,8H2,(H,17,18). The second-order valence-corrected chi connectivity index (χ2v) is 4.91. The van der Waals surface area contributed by atoms with E-state index in [4.69, 9.17) is 23.2 Å². The first-order valence-electron chi connectivity index (χ1n) is 5.60. The Morgan fingerprint density at radius 3 is 2.44 bits per heavy atom. The van der Waals surface area contributed by atoms with Crippen LogP contribution in [0.2, 0.25) is 10.0 Å². The minimum Gasteiger partial charge on any atom is -0.278 e. The van der Waals surface area contributed by atoms with Gasteiger partial charge in [-0.25, -0.2) is 0 Å². The normalized spacial score (nSPS) is 11.0. The zero-order valence-corrected chi connectivity index (χ0v) is 11.0. The fourth-order valence-electron chi connectivity index (χ4n) is 2.02. The van der Waals surface area contributed by atoms with Crippen molar-refractivity contribution in [3.8, 4) is 0 Å². The molecule has 0 radical (unpaired) electrons. The van der Waals surface area contributed by atoms with Crippen LogP contribution in [-0.4, -0.2) is 10.2 Å². The minimum absolute atomic E-state index is 0.628. The number of hydrogen-bond donors (Lipinski definition) is 1. The van der Waals surface area contributed by atoms with Crippen LogP contribution in [0.3, 0.4) is 0 Å². The van der Waals surface area contributed by atoms with E-state index in [9.17, 15) is 0 Å². The van der Waals surface area contributed by atoms with E-state index in [2.05, 4.69) is 10.2 Å². The van der Waals surface area contributed by atoms with Gasteiger partial charge >= 0.3 is 0 Å². The molecular formula is C14H10Cl2N2. The lowest BCUT2D eigenvalue weighted by atomic mass is 10.1. The minimum atomic E-state index is 0.628. The van der Waals surface area contributed by atoms with Gasteiger partial charge in [0.15, 0.2) is 0 Å². The van der Waals surface area contributed by atoms with Crippen LogP contribution in [0, 0.1) is 0 Å². The lowest BCUT2D eigenvalue weighted by Crippen LogP contribution is -1.92. The van der Waals surface area contributed by atoms with Crippen LogP contribution in [0.1, 0.15) is 11.3 Å². The number of aromatic nitrogens is 2. The van der Waals surface area contributed by atoms with E-state index in [1.54, 1.807) is 0 Å². The fourth-order valence-corrected chi connectivity index (χ4v) is 2.55. The van der Waals surface area contributed by atoms with E-state index in [0.29, 0.717) is 16.5 Å². The molecule has 18 heavy (non-hydrogen) atoms. The van der Waals surface area contributed by atoms with Gasteiger partial charge in [-0.15, -0.1) is 0 Å². The second kappa shape index (κ2) is 4.63. The Balaban J connectivity index is 2.07. The molecule has 0 spiro atoms. The maximum absolute atomic E-state index is 6.18. The number of H-pyrrole nitrogens is 1. The molecule has 0 aliphatic heterocycles. The van der Waals surface area contributed by atoms with Crippen molar-refractivity contribution in [1.29, 1.82) is 0 Å². The van der Waals surface area contributed by atoms with Crippen molar-refractivity contribution in [1.82, 2.24) is 10.2 Å². The highest BCUT2D eigenvalue weighted by molar-refractivity contribution is 6.36. The van der Waals surface area contributed by atoms with Crippen LogP contribution in [-0.2, 0) is 6.42 Å². The number of para-hydroxylation sites is 1. The zero-order chi connectivity index (χ0) is 12.5. The van der Waals surface area contributed by atoms with Crippen molar-refractivity contribution < 1.29 is 0 Å². The quantitative estimate of drug-likeness (QED) is 0.736. The number of hydrogen-bond acceptors (Lipinski definition) is 1. The van der Waals surface area contributed by atoms with Crippen molar-refractivity contribution in [3.05, 3.63) is 63.8 Å². The van der Waals surface area contributed by atoms with Gasteiger partial charge in [-0.3, -0.25) is 5.10 Å². The summed E-state index contributed by atoms with van der Waals surface area (Å²) < 4.78 is 0. The predicted octanol–water partition coefficient (Wildman–Crippen LogP) is 4.46. The number of benzene rings is 2. The maximum Gasteiger partial charge on any atom is 0.0745 e. The predicted molar refractivity (Wildman–Crippen MR) is 75.4 cm³/mol. The van der Waals surface area contributed by atoms with Gasteiger partial charge in [-0.2, -0.15) is 5.10 Å². The number of nitrogens with one attached hydrogen (secondary N) is 1. The summed E-state index contributed by atoms with van der Waals surface area (Å²) in [5.74, 6) is 0. The molecule has 1 aromatic heterocycles. The van der Waals surface area contributed by atoms with Crippen molar-refractivity contribution in [3.63, 3.8) is 0 Å². The average Bonchev–Trinajstić information content (AvgIpc) is 2.77. The molecule has 0 fully saturated rings. The van der Waals surface area contributed by atoms with E-state index < -0.39 is 0 Å². The molecule has 3 aromatic rings. The largest absolute Gasteiger partial charge is 0.278 e. The molecule has 0 saturated heterocycles. The molecule has 0 bridgehead atoms. The van der Waals surface area contributed by atoms with Gasteiger partial charge in [0, 0.05) is 21.9 Å². The van der Waals surface area contributed by atoms with Gasteiger partial charge in [-0.1, -0.05) is 47.5 Å². The summed E-state index contributed by atoms with van der Waals surface area (Å²) >= 11 is 12.4. The van der Waals surface area contributed by atoms with Crippen molar-refractivity contribution in [2.24, 2.45) is 0 Å². The van der Waals surface area contributed by atoms with Crippen LogP contribution in [0.15, 0.2) is 42.5 Å².